The highest BCUT2D eigenvalue weighted by Crippen LogP contribution is 2.39. The van der Waals surface area contributed by atoms with Crippen LogP contribution in [0.5, 0.6) is 5.88 Å². The van der Waals surface area contributed by atoms with Crippen molar-refractivity contribution in [3.05, 3.63) is 23.0 Å². The lowest BCUT2D eigenvalue weighted by Crippen LogP contribution is -2.20. The van der Waals surface area contributed by atoms with Crippen LogP contribution >= 0.6 is 11.6 Å². The molecule has 0 aromatic carbocycles. The van der Waals surface area contributed by atoms with Gasteiger partial charge in [0.2, 0.25) is 11.8 Å². The van der Waals surface area contributed by atoms with E-state index in [0.29, 0.717) is 45.6 Å². The van der Waals surface area contributed by atoms with Crippen molar-refractivity contribution in [2.24, 2.45) is 5.92 Å². The number of furan rings is 1. The summed E-state index contributed by atoms with van der Waals surface area (Å²) in [6, 6.07) is 3.94. The predicted molar refractivity (Wildman–Crippen MR) is 117 cm³/mol. The number of anilines is 2. The molecular formula is C21H26ClN5O3. The van der Waals surface area contributed by atoms with E-state index in [2.05, 4.69) is 15.3 Å². The van der Waals surface area contributed by atoms with Gasteiger partial charge in [-0.1, -0.05) is 11.6 Å². The lowest BCUT2D eigenvalue weighted by Gasteiger charge is -2.19. The Kier molecular flexibility index (Phi) is 5.71. The van der Waals surface area contributed by atoms with Crippen LogP contribution in [0, 0.1) is 12.8 Å². The maximum atomic E-state index is 9.48. The van der Waals surface area contributed by atoms with Gasteiger partial charge in [0.05, 0.1) is 18.4 Å². The topological polar surface area (TPSA) is 96.5 Å². The van der Waals surface area contributed by atoms with Gasteiger partial charge in [-0.2, -0.15) is 4.98 Å². The van der Waals surface area contributed by atoms with E-state index in [4.69, 9.17) is 25.7 Å². The minimum atomic E-state index is 0.203. The summed E-state index contributed by atoms with van der Waals surface area (Å²) in [7, 11) is 5.33. The molecule has 30 heavy (non-hydrogen) atoms. The van der Waals surface area contributed by atoms with Crippen molar-refractivity contribution < 1.29 is 14.3 Å². The molecule has 160 valence electrons. The number of hydrogen-bond donors (Lipinski definition) is 2. The van der Waals surface area contributed by atoms with Crippen LogP contribution in [0.25, 0.3) is 22.3 Å². The number of aliphatic hydroxyl groups is 1. The smallest absolute Gasteiger partial charge is 0.228 e. The van der Waals surface area contributed by atoms with Crippen LogP contribution in [0.3, 0.4) is 0 Å². The summed E-state index contributed by atoms with van der Waals surface area (Å²) in [5, 5.41) is 14.2. The van der Waals surface area contributed by atoms with Crippen molar-refractivity contribution >= 4 is 34.3 Å². The molecule has 3 aromatic rings. The monoisotopic (exact) mass is 431 g/mol. The summed E-state index contributed by atoms with van der Waals surface area (Å²) in [6.45, 7) is 2.08. The van der Waals surface area contributed by atoms with Crippen molar-refractivity contribution in [2.45, 2.75) is 32.2 Å². The SMILES string of the molecule is COc1cc2cc(-c3c(Cl)nc(N(C)C)nc3NC3CCC(CO)C3)oc2c(C)n1. The van der Waals surface area contributed by atoms with Gasteiger partial charge in [0, 0.05) is 38.2 Å². The van der Waals surface area contributed by atoms with Crippen LogP contribution in [0.2, 0.25) is 5.15 Å². The Morgan fingerprint density at radius 2 is 2.07 bits per heavy atom. The number of hydrogen-bond acceptors (Lipinski definition) is 8. The molecule has 0 radical (unpaired) electrons. The van der Waals surface area contributed by atoms with Crippen LogP contribution in [-0.4, -0.2) is 53.9 Å². The fourth-order valence-corrected chi connectivity index (χ4v) is 4.17. The fourth-order valence-electron chi connectivity index (χ4n) is 3.91. The molecule has 3 aromatic heterocycles. The zero-order chi connectivity index (χ0) is 21.4. The van der Waals surface area contributed by atoms with E-state index in [1.165, 1.54) is 0 Å². The average molecular weight is 432 g/mol. The highest BCUT2D eigenvalue weighted by molar-refractivity contribution is 6.32. The van der Waals surface area contributed by atoms with E-state index >= 15 is 0 Å². The Morgan fingerprint density at radius 3 is 2.73 bits per heavy atom. The highest BCUT2D eigenvalue weighted by Gasteiger charge is 2.27. The Hall–Kier alpha value is -2.58. The van der Waals surface area contributed by atoms with Crippen LogP contribution in [0.4, 0.5) is 11.8 Å². The maximum Gasteiger partial charge on any atom is 0.228 e. The van der Waals surface area contributed by atoms with Gasteiger partial charge < -0.3 is 24.5 Å². The summed E-state index contributed by atoms with van der Waals surface area (Å²) >= 11 is 6.62. The first-order chi connectivity index (χ1) is 14.4. The summed E-state index contributed by atoms with van der Waals surface area (Å²) in [6.07, 6.45) is 2.83. The third kappa shape index (κ3) is 3.89. The van der Waals surface area contributed by atoms with E-state index in [1.54, 1.807) is 7.11 Å². The van der Waals surface area contributed by atoms with E-state index in [9.17, 15) is 5.11 Å². The molecule has 4 rings (SSSR count). The number of nitrogens with zero attached hydrogens (tertiary/aromatic N) is 4. The van der Waals surface area contributed by atoms with Crippen LogP contribution in [-0.2, 0) is 0 Å². The molecular weight excluding hydrogens is 406 g/mol. The molecule has 2 unspecified atom stereocenters. The summed E-state index contributed by atoms with van der Waals surface area (Å²) < 4.78 is 11.4. The number of aryl methyl sites for hydroxylation is 1. The first kappa shape index (κ1) is 20.7. The van der Waals surface area contributed by atoms with E-state index in [1.807, 2.05) is 38.1 Å². The van der Waals surface area contributed by atoms with Gasteiger partial charge in [-0.25, -0.2) is 9.97 Å². The average Bonchev–Trinajstić information content (AvgIpc) is 3.34. The Labute approximate surface area is 180 Å². The van der Waals surface area contributed by atoms with Crippen molar-refractivity contribution in [1.29, 1.82) is 0 Å². The second-order valence-corrected chi connectivity index (χ2v) is 8.27. The number of methoxy groups -OCH3 is 1. The minimum Gasteiger partial charge on any atom is -0.481 e. The van der Waals surface area contributed by atoms with Gasteiger partial charge >= 0.3 is 0 Å². The molecule has 0 spiro atoms. The zero-order valence-corrected chi connectivity index (χ0v) is 18.3. The van der Waals surface area contributed by atoms with Gasteiger partial charge in [0.25, 0.3) is 0 Å². The molecule has 2 N–H and O–H groups in total. The minimum absolute atomic E-state index is 0.203. The number of fused-ring (bicyclic) bond motifs is 1. The number of aromatic nitrogens is 3. The van der Waals surface area contributed by atoms with Gasteiger partial charge in [0.1, 0.15) is 16.7 Å². The molecule has 1 aliphatic rings. The number of halogens is 1. The van der Waals surface area contributed by atoms with Gasteiger partial charge in [-0.3, -0.25) is 0 Å². The lowest BCUT2D eigenvalue weighted by atomic mass is 10.1. The molecule has 1 fully saturated rings. The van der Waals surface area contributed by atoms with Crippen LogP contribution in [0.1, 0.15) is 25.0 Å². The third-order valence-electron chi connectivity index (χ3n) is 5.50. The second-order valence-electron chi connectivity index (χ2n) is 7.91. The van der Waals surface area contributed by atoms with Gasteiger partial charge in [-0.05, 0) is 38.2 Å². The van der Waals surface area contributed by atoms with Crippen molar-refractivity contribution in [2.75, 3.05) is 38.0 Å². The number of ether oxygens (including phenoxy) is 1. The number of pyridine rings is 1. The summed E-state index contributed by atoms with van der Waals surface area (Å²) in [5.74, 6) is 2.54. The number of nitrogens with one attached hydrogen (secondary N) is 1. The van der Waals surface area contributed by atoms with E-state index in [0.717, 1.165) is 30.3 Å². The molecule has 9 heteroatoms. The lowest BCUT2D eigenvalue weighted by molar-refractivity contribution is 0.229. The molecule has 0 saturated heterocycles. The first-order valence-corrected chi connectivity index (χ1v) is 10.3. The first-order valence-electron chi connectivity index (χ1n) is 9.97. The van der Waals surface area contributed by atoms with Crippen molar-refractivity contribution in [3.8, 4) is 17.2 Å². The third-order valence-corrected chi connectivity index (χ3v) is 5.77. The summed E-state index contributed by atoms with van der Waals surface area (Å²) in [4.78, 5) is 15.3. The molecule has 0 bridgehead atoms. The molecule has 8 nitrogen and oxygen atoms in total. The zero-order valence-electron chi connectivity index (χ0n) is 17.6. The standard InChI is InChI=1S/C21H26ClN5O3/c1-11-18-13(9-16(23-11)29-4)8-15(30-18)17-19(22)25-21(27(2)3)26-20(17)24-14-6-5-12(7-14)10-28/h8-9,12,14,28H,5-7,10H2,1-4H3,(H,24,25,26). The molecule has 1 aliphatic carbocycles. The Morgan fingerprint density at radius 1 is 1.27 bits per heavy atom. The summed E-state index contributed by atoms with van der Waals surface area (Å²) in [5.41, 5.74) is 2.02. The molecule has 0 aliphatic heterocycles. The van der Waals surface area contributed by atoms with Crippen LogP contribution in [0.15, 0.2) is 16.5 Å². The quantitative estimate of drug-likeness (QED) is 0.567. The van der Waals surface area contributed by atoms with Crippen molar-refractivity contribution in [1.82, 2.24) is 15.0 Å². The van der Waals surface area contributed by atoms with Crippen LogP contribution < -0.4 is 15.0 Å². The Bertz CT molecular complexity index is 1070. The molecule has 2 atom stereocenters. The highest BCUT2D eigenvalue weighted by atomic mass is 35.5. The normalized spacial score (nSPS) is 18.7. The number of aliphatic hydroxyl groups excluding tert-OH is 1. The molecule has 1 saturated carbocycles. The largest absolute Gasteiger partial charge is 0.481 e. The Balaban J connectivity index is 1.80. The van der Waals surface area contributed by atoms with E-state index < -0.39 is 0 Å². The fraction of sp³-hybridized carbons (Fsp3) is 0.476. The second kappa shape index (κ2) is 8.28. The van der Waals surface area contributed by atoms with Gasteiger partial charge in [0.15, 0.2) is 5.58 Å². The number of rotatable bonds is 6. The molecule has 0 amide bonds. The van der Waals surface area contributed by atoms with Gasteiger partial charge in [-0.15, -0.1) is 0 Å². The maximum absolute atomic E-state index is 9.48. The molecule has 3 heterocycles. The predicted octanol–water partition coefficient (Wildman–Crippen LogP) is 3.89. The van der Waals surface area contributed by atoms with Crippen molar-refractivity contribution in [3.63, 3.8) is 0 Å². The van der Waals surface area contributed by atoms with E-state index in [-0.39, 0.29) is 12.6 Å².